The Balaban J connectivity index is 1.75. The molecular formula is C25H24ClFN4O. The van der Waals surface area contributed by atoms with Gasteiger partial charge in [0.25, 0.3) is 5.91 Å². The first-order chi connectivity index (χ1) is 15.4. The molecule has 1 amide bonds. The van der Waals surface area contributed by atoms with Crippen molar-refractivity contribution in [2.24, 2.45) is 0 Å². The summed E-state index contributed by atoms with van der Waals surface area (Å²) in [5, 5.41) is 3.52. The Morgan fingerprint density at radius 1 is 1.09 bits per heavy atom. The molecule has 4 aromatic rings. The van der Waals surface area contributed by atoms with Crippen molar-refractivity contribution in [2.45, 2.75) is 6.54 Å². The third-order valence-electron chi connectivity index (χ3n) is 5.22. The molecule has 0 radical (unpaired) electrons. The average Bonchev–Trinajstić information content (AvgIpc) is 3.12. The van der Waals surface area contributed by atoms with Gasteiger partial charge in [-0.15, -0.1) is 0 Å². The number of aromatic nitrogens is 2. The van der Waals surface area contributed by atoms with Crippen molar-refractivity contribution in [1.82, 2.24) is 19.8 Å². The lowest BCUT2D eigenvalue weighted by molar-refractivity contribution is 0.0951. The zero-order valence-corrected chi connectivity index (χ0v) is 18.7. The summed E-state index contributed by atoms with van der Waals surface area (Å²) in [4.78, 5) is 19.4. The van der Waals surface area contributed by atoms with Gasteiger partial charge in [-0.3, -0.25) is 4.79 Å². The molecule has 0 saturated carbocycles. The number of rotatable bonds is 7. The van der Waals surface area contributed by atoms with E-state index < -0.39 is 0 Å². The van der Waals surface area contributed by atoms with Gasteiger partial charge >= 0.3 is 0 Å². The molecule has 164 valence electrons. The molecule has 1 N–H and O–H groups in total. The van der Waals surface area contributed by atoms with Crippen molar-refractivity contribution >= 4 is 28.5 Å². The molecule has 0 aliphatic heterocycles. The zero-order chi connectivity index (χ0) is 22.7. The van der Waals surface area contributed by atoms with Crippen LogP contribution in [-0.2, 0) is 6.54 Å². The van der Waals surface area contributed by atoms with Crippen LogP contribution in [0.4, 0.5) is 4.39 Å². The predicted octanol–water partition coefficient (Wildman–Crippen LogP) is 4.84. The van der Waals surface area contributed by atoms with Crippen molar-refractivity contribution in [3.63, 3.8) is 0 Å². The van der Waals surface area contributed by atoms with E-state index in [1.807, 2.05) is 53.9 Å². The van der Waals surface area contributed by atoms with E-state index in [2.05, 4.69) is 5.32 Å². The fourth-order valence-corrected chi connectivity index (χ4v) is 3.77. The number of likely N-dealkylation sites (N-methyl/N-ethyl adjacent to an activating group) is 1. The Bertz CT molecular complexity index is 1250. The summed E-state index contributed by atoms with van der Waals surface area (Å²) in [5.41, 5.74) is 3.85. The summed E-state index contributed by atoms with van der Waals surface area (Å²) in [5.74, 6) is 0.279. The third kappa shape index (κ3) is 4.82. The Morgan fingerprint density at radius 2 is 1.84 bits per heavy atom. The number of nitrogens with zero attached hydrogens (tertiary/aromatic N) is 3. The molecule has 4 rings (SSSR count). The number of carbonyl (C=O) groups excluding carboxylic acids is 1. The molecular weight excluding hydrogens is 427 g/mol. The van der Waals surface area contributed by atoms with Crippen LogP contribution in [0.2, 0.25) is 5.02 Å². The van der Waals surface area contributed by atoms with Crippen LogP contribution in [0.1, 0.15) is 15.9 Å². The number of benzene rings is 3. The van der Waals surface area contributed by atoms with Crippen LogP contribution in [0.25, 0.3) is 22.4 Å². The fourth-order valence-electron chi connectivity index (χ4n) is 3.55. The normalized spacial score (nSPS) is 11.3. The standard InChI is InChI=1S/C25H24ClFN4O/c1-30(2)14-13-28-25(32)18-9-12-23-22(15-18)29-24(20-5-3-4-6-21(20)26)31(23)16-17-7-10-19(27)11-8-17/h3-12,15H,13-14,16H2,1-2H3,(H,28,32). The molecule has 32 heavy (non-hydrogen) atoms. The molecule has 0 aliphatic carbocycles. The highest BCUT2D eigenvalue weighted by molar-refractivity contribution is 6.33. The lowest BCUT2D eigenvalue weighted by Crippen LogP contribution is -2.31. The molecule has 0 atom stereocenters. The molecule has 0 saturated heterocycles. The van der Waals surface area contributed by atoms with E-state index in [-0.39, 0.29) is 11.7 Å². The first kappa shape index (κ1) is 22.0. The van der Waals surface area contributed by atoms with E-state index in [9.17, 15) is 9.18 Å². The molecule has 0 spiro atoms. The van der Waals surface area contributed by atoms with Crippen LogP contribution in [-0.4, -0.2) is 47.5 Å². The van der Waals surface area contributed by atoms with Crippen LogP contribution in [0.3, 0.4) is 0 Å². The van der Waals surface area contributed by atoms with Crippen LogP contribution < -0.4 is 5.32 Å². The van der Waals surface area contributed by atoms with Crippen molar-refractivity contribution in [3.05, 3.63) is 88.7 Å². The minimum absolute atomic E-state index is 0.138. The van der Waals surface area contributed by atoms with Gasteiger partial charge in [0.1, 0.15) is 11.6 Å². The Labute approximate surface area is 191 Å². The minimum Gasteiger partial charge on any atom is -0.351 e. The largest absolute Gasteiger partial charge is 0.351 e. The van der Waals surface area contributed by atoms with Gasteiger partial charge in [0.05, 0.1) is 16.1 Å². The number of imidazole rings is 1. The molecule has 0 bridgehead atoms. The number of hydrogen-bond donors (Lipinski definition) is 1. The SMILES string of the molecule is CN(C)CCNC(=O)c1ccc2c(c1)nc(-c1ccccc1Cl)n2Cc1ccc(F)cc1. The molecule has 0 unspecified atom stereocenters. The molecule has 5 nitrogen and oxygen atoms in total. The second-order valence-electron chi connectivity index (χ2n) is 7.89. The van der Waals surface area contributed by atoms with Gasteiger partial charge in [-0.2, -0.15) is 0 Å². The van der Waals surface area contributed by atoms with Gasteiger partial charge in [0.2, 0.25) is 0 Å². The number of halogens is 2. The summed E-state index contributed by atoms with van der Waals surface area (Å²) < 4.78 is 15.4. The molecule has 1 aromatic heterocycles. The highest BCUT2D eigenvalue weighted by Gasteiger charge is 2.17. The zero-order valence-electron chi connectivity index (χ0n) is 18.0. The van der Waals surface area contributed by atoms with Crippen LogP contribution in [0, 0.1) is 5.82 Å². The van der Waals surface area contributed by atoms with Crippen molar-refractivity contribution in [3.8, 4) is 11.4 Å². The maximum Gasteiger partial charge on any atom is 0.251 e. The Kier molecular flexibility index (Phi) is 6.53. The van der Waals surface area contributed by atoms with Crippen LogP contribution >= 0.6 is 11.6 Å². The highest BCUT2D eigenvalue weighted by atomic mass is 35.5. The first-order valence-corrected chi connectivity index (χ1v) is 10.7. The summed E-state index contributed by atoms with van der Waals surface area (Å²) in [6.45, 7) is 1.82. The predicted molar refractivity (Wildman–Crippen MR) is 127 cm³/mol. The number of nitrogens with one attached hydrogen (secondary N) is 1. The fraction of sp³-hybridized carbons (Fsp3) is 0.200. The van der Waals surface area contributed by atoms with Gasteiger partial charge in [-0.05, 0) is 62.1 Å². The minimum atomic E-state index is -0.277. The van der Waals surface area contributed by atoms with E-state index in [0.717, 1.165) is 23.2 Å². The lowest BCUT2D eigenvalue weighted by atomic mass is 10.1. The summed E-state index contributed by atoms with van der Waals surface area (Å²) in [6, 6.07) is 19.4. The van der Waals surface area contributed by atoms with Gasteiger partial charge in [-0.1, -0.05) is 35.9 Å². The van der Waals surface area contributed by atoms with Gasteiger partial charge in [0.15, 0.2) is 0 Å². The molecule has 1 heterocycles. The maximum atomic E-state index is 13.4. The van der Waals surface area contributed by atoms with E-state index >= 15 is 0 Å². The van der Waals surface area contributed by atoms with E-state index in [1.54, 1.807) is 24.3 Å². The van der Waals surface area contributed by atoms with Gasteiger partial charge in [-0.25, -0.2) is 9.37 Å². The third-order valence-corrected chi connectivity index (χ3v) is 5.55. The summed E-state index contributed by atoms with van der Waals surface area (Å²) in [6.07, 6.45) is 0. The summed E-state index contributed by atoms with van der Waals surface area (Å²) >= 11 is 6.48. The molecule has 3 aromatic carbocycles. The van der Waals surface area contributed by atoms with E-state index in [0.29, 0.717) is 35.0 Å². The van der Waals surface area contributed by atoms with Crippen LogP contribution in [0.15, 0.2) is 66.7 Å². The van der Waals surface area contributed by atoms with Crippen molar-refractivity contribution < 1.29 is 9.18 Å². The van der Waals surface area contributed by atoms with E-state index in [1.165, 1.54) is 12.1 Å². The number of hydrogen-bond acceptors (Lipinski definition) is 3. The quantitative estimate of drug-likeness (QED) is 0.438. The maximum absolute atomic E-state index is 13.4. The highest BCUT2D eigenvalue weighted by Crippen LogP contribution is 2.31. The lowest BCUT2D eigenvalue weighted by Gasteiger charge is -2.11. The smallest absolute Gasteiger partial charge is 0.251 e. The number of carbonyl (C=O) groups is 1. The second kappa shape index (κ2) is 9.51. The molecule has 7 heteroatoms. The molecule has 0 aliphatic rings. The Morgan fingerprint density at radius 3 is 2.56 bits per heavy atom. The van der Waals surface area contributed by atoms with Crippen molar-refractivity contribution in [2.75, 3.05) is 27.2 Å². The number of amides is 1. The first-order valence-electron chi connectivity index (χ1n) is 10.3. The van der Waals surface area contributed by atoms with Crippen molar-refractivity contribution in [1.29, 1.82) is 0 Å². The monoisotopic (exact) mass is 450 g/mol. The molecule has 0 fully saturated rings. The Hall–Kier alpha value is -3.22. The topological polar surface area (TPSA) is 50.2 Å². The second-order valence-corrected chi connectivity index (χ2v) is 8.30. The summed E-state index contributed by atoms with van der Waals surface area (Å²) in [7, 11) is 3.92. The average molecular weight is 451 g/mol. The van der Waals surface area contributed by atoms with Gasteiger partial charge in [0, 0.05) is 30.8 Å². The van der Waals surface area contributed by atoms with Gasteiger partial charge < -0.3 is 14.8 Å². The number of fused-ring (bicyclic) bond motifs is 1. The van der Waals surface area contributed by atoms with E-state index in [4.69, 9.17) is 16.6 Å². The van der Waals surface area contributed by atoms with Crippen LogP contribution in [0.5, 0.6) is 0 Å².